The molecule has 0 aliphatic heterocycles. The van der Waals surface area contributed by atoms with Crippen molar-refractivity contribution >= 4 is 49.2 Å². The second-order valence-corrected chi connectivity index (χ2v) is 4.58. The van der Waals surface area contributed by atoms with Gasteiger partial charge in [-0.05, 0) is 22.0 Å². The summed E-state index contributed by atoms with van der Waals surface area (Å²) in [6.07, 6.45) is 4.84. The molecule has 0 radical (unpaired) electrons. The van der Waals surface area contributed by atoms with Gasteiger partial charge in [0.15, 0.2) is 0 Å². The van der Waals surface area contributed by atoms with Crippen molar-refractivity contribution in [2.45, 2.75) is 0 Å². The Labute approximate surface area is 99.0 Å². The number of pyridine rings is 1. The molecule has 2 N–H and O–H groups in total. The van der Waals surface area contributed by atoms with Crippen LogP contribution in [0.4, 0.5) is 5.82 Å². The zero-order valence-corrected chi connectivity index (χ0v) is 9.97. The summed E-state index contributed by atoms with van der Waals surface area (Å²) in [6.45, 7) is 0. The molecule has 74 valence electrons. The molecular formula is C10H6BrN3S. The maximum Gasteiger partial charge on any atom is 0.133 e. The third kappa shape index (κ3) is 1.74. The second-order valence-electron chi connectivity index (χ2n) is 2.85. The van der Waals surface area contributed by atoms with Crippen LogP contribution in [0.2, 0.25) is 0 Å². The van der Waals surface area contributed by atoms with Crippen molar-refractivity contribution in [1.82, 2.24) is 4.98 Å². The summed E-state index contributed by atoms with van der Waals surface area (Å²) in [7, 11) is 0. The standard InChI is InChI=1S/C10H6BrN3S/c11-7-5-15-9-6(2-1-3-12)4-14-10(13)8(7)9/h1-2,4-5H,(H2,13,14). The van der Waals surface area contributed by atoms with Crippen LogP contribution in [0.1, 0.15) is 5.56 Å². The molecule has 0 spiro atoms. The van der Waals surface area contributed by atoms with Crippen LogP contribution in [0.5, 0.6) is 0 Å². The van der Waals surface area contributed by atoms with Crippen molar-refractivity contribution < 1.29 is 0 Å². The zero-order valence-electron chi connectivity index (χ0n) is 7.57. The fourth-order valence-corrected chi connectivity index (χ4v) is 3.04. The molecule has 5 heteroatoms. The molecule has 0 fully saturated rings. The van der Waals surface area contributed by atoms with E-state index in [9.17, 15) is 0 Å². The van der Waals surface area contributed by atoms with E-state index in [1.165, 1.54) is 6.08 Å². The Kier molecular flexibility index (Phi) is 2.71. The number of anilines is 1. The van der Waals surface area contributed by atoms with Crippen LogP contribution in [0.3, 0.4) is 0 Å². The van der Waals surface area contributed by atoms with Gasteiger partial charge in [0.1, 0.15) is 5.82 Å². The summed E-state index contributed by atoms with van der Waals surface area (Å²) in [5.41, 5.74) is 6.69. The highest BCUT2D eigenvalue weighted by Crippen LogP contribution is 2.35. The third-order valence-corrected chi connectivity index (χ3v) is 3.90. The van der Waals surface area contributed by atoms with E-state index < -0.39 is 0 Å². The largest absolute Gasteiger partial charge is 0.383 e. The van der Waals surface area contributed by atoms with Gasteiger partial charge < -0.3 is 5.73 Å². The number of rotatable bonds is 1. The minimum Gasteiger partial charge on any atom is -0.383 e. The number of hydrogen-bond donors (Lipinski definition) is 1. The fourth-order valence-electron chi connectivity index (χ4n) is 1.30. The first-order valence-electron chi connectivity index (χ1n) is 4.11. The molecule has 0 aliphatic rings. The van der Waals surface area contributed by atoms with E-state index in [4.69, 9.17) is 11.0 Å². The van der Waals surface area contributed by atoms with Crippen LogP contribution < -0.4 is 5.73 Å². The average molecular weight is 280 g/mol. The smallest absolute Gasteiger partial charge is 0.133 e. The SMILES string of the molecule is N#CC=Cc1cnc(N)c2c(Br)csc12. The van der Waals surface area contributed by atoms with Crippen molar-refractivity contribution in [3.8, 4) is 6.07 Å². The lowest BCUT2D eigenvalue weighted by molar-refractivity contribution is 1.36. The van der Waals surface area contributed by atoms with Gasteiger partial charge in [0.25, 0.3) is 0 Å². The highest BCUT2D eigenvalue weighted by atomic mass is 79.9. The van der Waals surface area contributed by atoms with Gasteiger partial charge in [0.05, 0.1) is 6.07 Å². The van der Waals surface area contributed by atoms with E-state index >= 15 is 0 Å². The molecule has 2 aromatic heterocycles. The molecule has 2 rings (SSSR count). The van der Waals surface area contributed by atoms with Crippen molar-refractivity contribution in [3.63, 3.8) is 0 Å². The lowest BCUT2D eigenvalue weighted by atomic mass is 10.2. The van der Waals surface area contributed by atoms with Crippen molar-refractivity contribution in [2.75, 3.05) is 5.73 Å². The van der Waals surface area contributed by atoms with E-state index in [2.05, 4.69) is 20.9 Å². The molecule has 2 aromatic rings. The van der Waals surface area contributed by atoms with Crippen molar-refractivity contribution in [2.24, 2.45) is 0 Å². The predicted molar refractivity (Wildman–Crippen MR) is 66.4 cm³/mol. The maximum atomic E-state index is 8.47. The number of nitrogens with two attached hydrogens (primary N) is 1. The highest BCUT2D eigenvalue weighted by Gasteiger charge is 2.08. The molecule has 0 saturated heterocycles. The van der Waals surface area contributed by atoms with Gasteiger partial charge in [0.2, 0.25) is 0 Å². The molecule has 0 unspecified atom stereocenters. The number of nitrogens with zero attached hydrogens (tertiary/aromatic N) is 2. The van der Waals surface area contributed by atoms with E-state index in [0.717, 1.165) is 20.1 Å². The summed E-state index contributed by atoms with van der Waals surface area (Å²) < 4.78 is 1.99. The molecule has 0 bridgehead atoms. The van der Waals surface area contributed by atoms with Crippen molar-refractivity contribution in [3.05, 3.63) is 27.7 Å². The quantitative estimate of drug-likeness (QED) is 0.816. The minimum absolute atomic E-state index is 0.507. The normalized spacial score (nSPS) is 10.9. The van der Waals surface area contributed by atoms with E-state index in [-0.39, 0.29) is 0 Å². The molecule has 15 heavy (non-hydrogen) atoms. The van der Waals surface area contributed by atoms with E-state index in [0.29, 0.717) is 5.82 Å². The predicted octanol–water partition coefficient (Wildman–Crippen LogP) is 3.18. The third-order valence-electron chi connectivity index (χ3n) is 1.94. The maximum absolute atomic E-state index is 8.47. The summed E-state index contributed by atoms with van der Waals surface area (Å²) in [5.74, 6) is 0.507. The molecular weight excluding hydrogens is 274 g/mol. The lowest BCUT2D eigenvalue weighted by Gasteiger charge is -1.99. The Bertz CT molecular complexity index is 580. The highest BCUT2D eigenvalue weighted by molar-refractivity contribution is 9.10. The van der Waals surface area contributed by atoms with Crippen LogP contribution in [0, 0.1) is 11.3 Å². The number of aromatic nitrogens is 1. The van der Waals surface area contributed by atoms with Crippen LogP contribution in [-0.2, 0) is 0 Å². The number of fused-ring (bicyclic) bond motifs is 1. The van der Waals surface area contributed by atoms with Gasteiger partial charge in [-0.1, -0.05) is 0 Å². The number of hydrogen-bond acceptors (Lipinski definition) is 4. The molecule has 0 atom stereocenters. The zero-order chi connectivity index (χ0) is 10.8. The number of thiophene rings is 1. The van der Waals surface area contributed by atoms with E-state index in [1.807, 2.05) is 11.4 Å². The summed E-state index contributed by atoms with van der Waals surface area (Å²) >= 11 is 5.00. The number of halogens is 1. The molecule has 3 nitrogen and oxygen atoms in total. The average Bonchev–Trinajstić information content (AvgIpc) is 2.61. The fraction of sp³-hybridized carbons (Fsp3) is 0. The second kappa shape index (κ2) is 4.01. The molecule has 2 heterocycles. The monoisotopic (exact) mass is 279 g/mol. The van der Waals surface area contributed by atoms with Gasteiger partial charge in [-0.3, -0.25) is 0 Å². The lowest BCUT2D eigenvalue weighted by Crippen LogP contribution is -1.91. The van der Waals surface area contributed by atoms with Crippen LogP contribution >= 0.6 is 27.3 Å². The van der Waals surface area contributed by atoms with Gasteiger partial charge >= 0.3 is 0 Å². The summed E-state index contributed by atoms with van der Waals surface area (Å²) in [6, 6.07) is 1.96. The minimum atomic E-state index is 0.507. The molecule has 0 aromatic carbocycles. The Morgan fingerprint density at radius 3 is 3.13 bits per heavy atom. The molecule has 0 aliphatic carbocycles. The van der Waals surface area contributed by atoms with Gasteiger partial charge in [0, 0.05) is 37.8 Å². The Morgan fingerprint density at radius 2 is 2.40 bits per heavy atom. The first kappa shape index (κ1) is 10.1. The topological polar surface area (TPSA) is 62.7 Å². The van der Waals surface area contributed by atoms with Gasteiger partial charge in [-0.25, -0.2) is 4.98 Å². The Hall–Kier alpha value is -1.38. The Balaban J connectivity index is 2.74. The number of nitriles is 1. The first-order chi connectivity index (χ1) is 7.24. The summed E-state index contributed by atoms with van der Waals surface area (Å²) in [5, 5.41) is 11.4. The van der Waals surface area contributed by atoms with Crippen molar-refractivity contribution in [1.29, 1.82) is 5.26 Å². The number of allylic oxidation sites excluding steroid dienone is 1. The van der Waals surface area contributed by atoms with Gasteiger partial charge in [-0.15, -0.1) is 11.3 Å². The first-order valence-corrected chi connectivity index (χ1v) is 5.78. The molecule has 0 amide bonds. The Morgan fingerprint density at radius 1 is 1.60 bits per heavy atom. The van der Waals surface area contributed by atoms with Crippen LogP contribution in [-0.4, -0.2) is 4.98 Å². The van der Waals surface area contributed by atoms with Crippen LogP contribution in [0.15, 0.2) is 22.1 Å². The summed E-state index contributed by atoms with van der Waals surface area (Å²) in [4.78, 5) is 4.09. The van der Waals surface area contributed by atoms with Gasteiger partial charge in [-0.2, -0.15) is 5.26 Å². The number of nitrogen functional groups attached to an aromatic ring is 1. The molecule has 0 saturated carbocycles. The van der Waals surface area contributed by atoms with E-state index in [1.54, 1.807) is 23.6 Å². The van der Waals surface area contributed by atoms with Crippen LogP contribution in [0.25, 0.3) is 16.2 Å².